The summed E-state index contributed by atoms with van der Waals surface area (Å²) in [6, 6.07) is 11.3. The van der Waals surface area contributed by atoms with Gasteiger partial charge in [-0.1, -0.05) is 26.7 Å². The number of aromatic nitrogens is 3. The quantitative estimate of drug-likeness (QED) is 0.395. The van der Waals surface area contributed by atoms with Gasteiger partial charge >= 0.3 is 5.97 Å². The van der Waals surface area contributed by atoms with E-state index in [1.807, 2.05) is 12.1 Å². The number of esters is 1. The van der Waals surface area contributed by atoms with Gasteiger partial charge in [-0.3, -0.25) is 4.57 Å². The molecule has 0 amide bonds. The summed E-state index contributed by atoms with van der Waals surface area (Å²) in [5, 5.41) is 3.36. The van der Waals surface area contributed by atoms with Crippen molar-refractivity contribution in [3.63, 3.8) is 0 Å². The van der Waals surface area contributed by atoms with Crippen LogP contribution >= 0.6 is 0 Å². The van der Waals surface area contributed by atoms with Crippen LogP contribution in [0, 0.1) is 0 Å². The summed E-state index contributed by atoms with van der Waals surface area (Å²) < 4.78 is 6.85. The summed E-state index contributed by atoms with van der Waals surface area (Å²) in [6.45, 7) is 9.32. The van der Waals surface area contributed by atoms with E-state index in [-0.39, 0.29) is 5.97 Å². The number of carbonyl (C=O) groups is 1. The average Bonchev–Trinajstić information content (AvgIpc) is 3.21. The molecule has 2 heterocycles. The van der Waals surface area contributed by atoms with Crippen molar-refractivity contribution in [2.45, 2.75) is 53.0 Å². The lowest BCUT2D eigenvalue weighted by atomic mass is 10.2. The highest BCUT2D eigenvalue weighted by Crippen LogP contribution is 2.25. The number of fused-ring (bicyclic) bond motifs is 1. The summed E-state index contributed by atoms with van der Waals surface area (Å²) in [5.74, 6) is 1.40. The summed E-state index contributed by atoms with van der Waals surface area (Å²) in [5.41, 5.74) is 7.62. The number of hydrogen-bond acceptors (Lipinski definition) is 7. The van der Waals surface area contributed by atoms with E-state index in [4.69, 9.17) is 14.7 Å². The molecule has 0 radical (unpaired) electrons. The molecule has 180 valence electrons. The van der Waals surface area contributed by atoms with Crippen LogP contribution in [0.4, 0.5) is 17.5 Å². The van der Waals surface area contributed by atoms with Crippen LogP contribution in [-0.2, 0) is 11.3 Å². The topological polar surface area (TPSA) is 98.3 Å². The number of benzene rings is 1. The van der Waals surface area contributed by atoms with Crippen molar-refractivity contribution in [1.82, 2.24) is 14.5 Å². The number of anilines is 3. The molecule has 8 heteroatoms. The number of unbranched alkanes of at least 4 members (excludes halogenated alkanes) is 2. The number of methoxy groups -OCH3 is 1. The van der Waals surface area contributed by atoms with Crippen molar-refractivity contribution >= 4 is 34.6 Å². The molecule has 0 fully saturated rings. The maximum Gasteiger partial charge on any atom is 0.337 e. The summed E-state index contributed by atoms with van der Waals surface area (Å²) in [7, 11) is 2.88. The predicted molar refractivity (Wildman–Crippen MR) is 136 cm³/mol. The Morgan fingerprint density at radius 1 is 1.00 bits per heavy atom. The smallest absolute Gasteiger partial charge is 0.337 e. The SMILES string of the molecule is CCCCN(CCCC)c1ccc2nc(Nc3ccc(C(=O)OC)cc3)n(CC)c2n1.CN. The zero-order valence-corrected chi connectivity index (χ0v) is 20.6. The number of nitrogens with one attached hydrogen (secondary N) is 1. The van der Waals surface area contributed by atoms with Crippen LogP contribution in [0.3, 0.4) is 0 Å². The molecule has 0 aliphatic rings. The number of rotatable bonds is 11. The fraction of sp³-hybridized carbons (Fsp3) is 0.480. The minimum absolute atomic E-state index is 0.347. The van der Waals surface area contributed by atoms with Gasteiger partial charge in [-0.05, 0) is 63.2 Å². The number of imidazole rings is 1. The zero-order chi connectivity index (χ0) is 24.2. The molecule has 2 aromatic heterocycles. The van der Waals surface area contributed by atoms with E-state index in [2.05, 4.69) is 53.4 Å². The third-order valence-corrected chi connectivity index (χ3v) is 5.34. The highest BCUT2D eigenvalue weighted by molar-refractivity contribution is 5.89. The standard InChI is InChI=1S/C24H33N5O2.CH5N/c1-5-8-16-28(17-9-6-2)21-15-14-20-22(27-21)29(7-3)24(26-20)25-19-12-10-18(11-13-19)23(30)31-4;1-2/h10-15H,5-9,16-17H2,1-4H3,(H,25,26);2H2,1H3. The molecule has 0 unspecified atom stereocenters. The molecule has 0 aliphatic carbocycles. The first kappa shape index (κ1) is 26.1. The molecule has 3 aromatic rings. The first-order valence-electron chi connectivity index (χ1n) is 11.8. The second kappa shape index (κ2) is 13.4. The Bertz CT molecular complexity index is 992. The molecular weight excluding hydrogens is 416 g/mol. The van der Waals surface area contributed by atoms with Crippen LogP contribution in [0.1, 0.15) is 56.8 Å². The van der Waals surface area contributed by atoms with Crippen LogP contribution in [0.15, 0.2) is 36.4 Å². The second-order valence-corrected chi connectivity index (χ2v) is 7.58. The van der Waals surface area contributed by atoms with Gasteiger partial charge in [0.25, 0.3) is 0 Å². The third-order valence-electron chi connectivity index (χ3n) is 5.34. The van der Waals surface area contributed by atoms with Crippen molar-refractivity contribution in [3.8, 4) is 0 Å². The molecular formula is C25H38N6O2. The van der Waals surface area contributed by atoms with Crippen LogP contribution in [0.25, 0.3) is 11.2 Å². The van der Waals surface area contributed by atoms with E-state index in [9.17, 15) is 4.79 Å². The molecule has 0 bridgehead atoms. The number of ether oxygens (including phenoxy) is 1. The van der Waals surface area contributed by atoms with E-state index in [1.54, 1.807) is 12.1 Å². The number of nitrogens with two attached hydrogens (primary N) is 1. The number of carbonyl (C=O) groups excluding carboxylic acids is 1. The van der Waals surface area contributed by atoms with Crippen LogP contribution in [-0.4, -0.2) is 47.8 Å². The first-order chi connectivity index (χ1) is 16.1. The Morgan fingerprint density at radius 2 is 1.64 bits per heavy atom. The Morgan fingerprint density at radius 3 is 2.18 bits per heavy atom. The molecule has 3 rings (SSSR count). The minimum Gasteiger partial charge on any atom is -0.465 e. The predicted octanol–water partition coefficient (Wildman–Crippen LogP) is 4.96. The Labute approximate surface area is 197 Å². The second-order valence-electron chi connectivity index (χ2n) is 7.58. The molecule has 0 saturated carbocycles. The lowest BCUT2D eigenvalue weighted by Gasteiger charge is -2.23. The largest absolute Gasteiger partial charge is 0.465 e. The molecule has 0 atom stereocenters. The average molecular weight is 455 g/mol. The molecule has 0 spiro atoms. The highest BCUT2D eigenvalue weighted by atomic mass is 16.5. The number of pyridine rings is 1. The minimum atomic E-state index is -0.347. The Kier molecular flexibility index (Phi) is 10.6. The van der Waals surface area contributed by atoms with Crippen molar-refractivity contribution < 1.29 is 9.53 Å². The molecule has 1 aromatic carbocycles. The maximum atomic E-state index is 11.6. The van der Waals surface area contributed by atoms with Crippen molar-refractivity contribution in [2.24, 2.45) is 5.73 Å². The van der Waals surface area contributed by atoms with Gasteiger partial charge in [0, 0.05) is 25.3 Å². The van der Waals surface area contributed by atoms with Gasteiger partial charge < -0.3 is 20.7 Å². The van der Waals surface area contributed by atoms with Gasteiger partial charge in [-0.15, -0.1) is 0 Å². The molecule has 0 saturated heterocycles. The Balaban J connectivity index is 0.00000187. The number of aryl methyl sites for hydroxylation is 1. The summed E-state index contributed by atoms with van der Waals surface area (Å²) in [6.07, 6.45) is 4.65. The fourth-order valence-electron chi connectivity index (χ4n) is 3.54. The van der Waals surface area contributed by atoms with E-state index >= 15 is 0 Å². The van der Waals surface area contributed by atoms with Crippen molar-refractivity contribution in [1.29, 1.82) is 0 Å². The normalized spacial score (nSPS) is 10.5. The third kappa shape index (κ3) is 6.68. The van der Waals surface area contributed by atoms with Crippen LogP contribution in [0.5, 0.6) is 0 Å². The van der Waals surface area contributed by atoms with Gasteiger partial charge in [-0.2, -0.15) is 0 Å². The molecule has 3 N–H and O–H groups in total. The maximum absolute atomic E-state index is 11.6. The van der Waals surface area contributed by atoms with Gasteiger partial charge in [0.15, 0.2) is 5.65 Å². The Hall–Kier alpha value is -3.13. The first-order valence-corrected chi connectivity index (χ1v) is 11.8. The summed E-state index contributed by atoms with van der Waals surface area (Å²) in [4.78, 5) is 23.8. The zero-order valence-electron chi connectivity index (χ0n) is 20.6. The van der Waals surface area contributed by atoms with E-state index in [1.165, 1.54) is 27.0 Å². The van der Waals surface area contributed by atoms with E-state index in [0.717, 1.165) is 61.1 Å². The van der Waals surface area contributed by atoms with Gasteiger partial charge in [0.05, 0.1) is 12.7 Å². The molecule has 33 heavy (non-hydrogen) atoms. The monoisotopic (exact) mass is 454 g/mol. The fourth-order valence-corrected chi connectivity index (χ4v) is 3.54. The number of hydrogen-bond donors (Lipinski definition) is 2. The van der Waals surface area contributed by atoms with Crippen molar-refractivity contribution in [2.75, 3.05) is 37.5 Å². The van der Waals surface area contributed by atoms with Crippen molar-refractivity contribution in [3.05, 3.63) is 42.0 Å². The van der Waals surface area contributed by atoms with Crippen LogP contribution < -0.4 is 16.0 Å². The lowest BCUT2D eigenvalue weighted by Crippen LogP contribution is -2.26. The highest BCUT2D eigenvalue weighted by Gasteiger charge is 2.15. The molecule has 8 nitrogen and oxygen atoms in total. The van der Waals surface area contributed by atoms with Gasteiger partial charge in [-0.25, -0.2) is 14.8 Å². The molecule has 0 aliphatic heterocycles. The summed E-state index contributed by atoms with van der Waals surface area (Å²) >= 11 is 0. The van der Waals surface area contributed by atoms with E-state index in [0.29, 0.717) is 5.56 Å². The van der Waals surface area contributed by atoms with Gasteiger partial charge in [0.1, 0.15) is 11.3 Å². The van der Waals surface area contributed by atoms with E-state index < -0.39 is 0 Å². The van der Waals surface area contributed by atoms with Crippen LogP contribution in [0.2, 0.25) is 0 Å². The number of nitrogens with zero attached hydrogens (tertiary/aromatic N) is 4. The van der Waals surface area contributed by atoms with Gasteiger partial charge in [0.2, 0.25) is 5.95 Å². The lowest BCUT2D eigenvalue weighted by molar-refractivity contribution is 0.0601.